The van der Waals surface area contributed by atoms with Crippen LogP contribution >= 0.6 is 0 Å². The zero-order valence-corrected chi connectivity index (χ0v) is 13.9. The van der Waals surface area contributed by atoms with Crippen LogP contribution in [0.1, 0.15) is 49.4 Å². The fourth-order valence-electron chi connectivity index (χ4n) is 2.84. The van der Waals surface area contributed by atoms with E-state index in [0.717, 1.165) is 25.7 Å². The van der Waals surface area contributed by atoms with E-state index in [-0.39, 0.29) is 18.6 Å². The highest BCUT2D eigenvalue weighted by Crippen LogP contribution is 2.21. The van der Waals surface area contributed by atoms with Gasteiger partial charge in [-0.3, -0.25) is 4.79 Å². The molecule has 126 valence electrons. The van der Waals surface area contributed by atoms with Gasteiger partial charge in [0, 0.05) is 13.1 Å². The summed E-state index contributed by atoms with van der Waals surface area (Å²) in [5.41, 5.74) is 0.418. The zero-order valence-electron chi connectivity index (χ0n) is 13.9. The molecule has 1 aliphatic rings. The Hall–Kier alpha value is -2.04. The van der Waals surface area contributed by atoms with Gasteiger partial charge < -0.3 is 14.4 Å². The molecule has 0 unspecified atom stereocenters. The Balaban J connectivity index is 1.81. The molecule has 2 rings (SSSR count). The highest BCUT2D eigenvalue weighted by Gasteiger charge is 2.22. The molecular weight excluding hydrogens is 294 g/mol. The highest BCUT2D eigenvalue weighted by molar-refractivity contribution is 5.91. The smallest absolute Gasteiger partial charge is 0.338 e. The van der Waals surface area contributed by atoms with Crippen molar-refractivity contribution in [2.75, 3.05) is 20.3 Å². The van der Waals surface area contributed by atoms with Crippen LogP contribution in [0, 0.1) is 0 Å². The summed E-state index contributed by atoms with van der Waals surface area (Å²) in [6, 6.07) is 7.00. The third-order valence-electron chi connectivity index (χ3n) is 4.24. The summed E-state index contributed by atoms with van der Waals surface area (Å²) >= 11 is 0. The maximum Gasteiger partial charge on any atom is 0.338 e. The molecule has 0 N–H and O–H groups in total. The quantitative estimate of drug-likeness (QED) is 0.756. The number of carbonyl (C=O) groups is 2. The van der Waals surface area contributed by atoms with Gasteiger partial charge in [-0.05, 0) is 44.0 Å². The standard InChI is InChI=1S/C18H25NO4/c1-3-22-16-11-9-14(10-12-16)18(21)23-13-17(20)19(2)15-7-5-4-6-8-15/h9-12,15H,3-8,13H2,1-2H3. The van der Waals surface area contributed by atoms with Crippen molar-refractivity contribution in [3.05, 3.63) is 29.8 Å². The van der Waals surface area contributed by atoms with Gasteiger partial charge in [0.2, 0.25) is 0 Å². The lowest BCUT2D eigenvalue weighted by molar-refractivity contribution is -0.135. The van der Waals surface area contributed by atoms with E-state index >= 15 is 0 Å². The molecule has 1 aliphatic carbocycles. The molecule has 0 heterocycles. The van der Waals surface area contributed by atoms with Crippen LogP contribution in [0.15, 0.2) is 24.3 Å². The monoisotopic (exact) mass is 319 g/mol. The second-order valence-corrected chi connectivity index (χ2v) is 5.83. The number of ether oxygens (including phenoxy) is 2. The Kier molecular flexibility index (Phi) is 6.44. The largest absolute Gasteiger partial charge is 0.494 e. The fourth-order valence-corrected chi connectivity index (χ4v) is 2.84. The van der Waals surface area contributed by atoms with E-state index in [2.05, 4.69) is 0 Å². The molecule has 0 aromatic heterocycles. The Bertz CT molecular complexity index is 520. The van der Waals surface area contributed by atoms with E-state index in [4.69, 9.17) is 9.47 Å². The lowest BCUT2D eigenvalue weighted by Gasteiger charge is -2.31. The van der Waals surface area contributed by atoms with Crippen molar-refractivity contribution in [1.29, 1.82) is 0 Å². The van der Waals surface area contributed by atoms with Crippen LogP contribution in [0.2, 0.25) is 0 Å². The van der Waals surface area contributed by atoms with Gasteiger partial charge in [-0.1, -0.05) is 19.3 Å². The van der Waals surface area contributed by atoms with Crippen molar-refractivity contribution in [2.24, 2.45) is 0 Å². The zero-order chi connectivity index (χ0) is 16.7. The predicted molar refractivity (Wildman–Crippen MR) is 87.5 cm³/mol. The van der Waals surface area contributed by atoms with Crippen molar-refractivity contribution >= 4 is 11.9 Å². The molecule has 1 fully saturated rings. The van der Waals surface area contributed by atoms with Gasteiger partial charge in [0.05, 0.1) is 12.2 Å². The first-order valence-corrected chi connectivity index (χ1v) is 8.27. The summed E-state index contributed by atoms with van der Waals surface area (Å²) in [6.45, 7) is 2.27. The van der Waals surface area contributed by atoms with Gasteiger partial charge in [-0.15, -0.1) is 0 Å². The number of benzene rings is 1. The summed E-state index contributed by atoms with van der Waals surface area (Å²) in [7, 11) is 1.79. The van der Waals surface area contributed by atoms with Crippen LogP contribution in [0.5, 0.6) is 5.75 Å². The van der Waals surface area contributed by atoms with Crippen molar-refractivity contribution < 1.29 is 19.1 Å². The van der Waals surface area contributed by atoms with Gasteiger partial charge in [-0.25, -0.2) is 4.79 Å². The van der Waals surface area contributed by atoms with Crippen molar-refractivity contribution in [3.8, 4) is 5.75 Å². The average molecular weight is 319 g/mol. The van der Waals surface area contributed by atoms with E-state index < -0.39 is 5.97 Å². The number of hydrogen-bond donors (Lipinski definition) is 0. The Morgan fingerprint density at radius 1 is 1.13 bits per heavy atom. The van der Waals surface area contributed by atoms with E-state index in [1.165, 1.54) is 6.42 Å². The summed E-state index contributed by atoms with van der Waals surface area (Å²) < 4.78 is 10.5. The number of amides is 1. The molecule has 0 spiro atoms. The Morgan fingerprint density at radius 2 is 1.78 bits per heavy atom. The van der Waals surface area contributed by atoms with E-state index in [1.54, 1.807) is 36.2 Å². The second kappa shape index (κ2) is 8.56. The van der Waals surface area contributed by atoms with Crippen LogP contribution in [0.4, 0.5) is 0 Å². The number of esters is 1. The lowest BCUT2D eigenvalue weighted by atomic mass is 9.94. The first-order chi connectivity index (χ1) is 11.1. The molecule has 1 amide bonds. The van der Waals surface area contributed by atoms with E-state index in [0.29, 0.717) is 17.9 Å². The van der Waals surface area contributed by atoms with E-state index in [9.17, 15) is 9.59 Å². The van der Waals surface area contributed by atoms with Crippen LogP contribution in [0.25, 0.3) is 0 Å². The molecule has 1 aromatic rings. The maximum atomic E-state index is 12.1. The number of rotatable bonds is 6. The number of nitrogens with zero attached hydrogens (tertiary/aromatic N) is 1. The predicted octanol–water partition coefficient (Wildman–Crippen LogP) is 3.03. The molecule has 1 aromatic carbocycles. The molecule has 5 heteroatoms. The minimum atomic E-state index is -0.488. The fraction of sp³-hybridized carbons (Fsp3) is 0.556. The molecule has 0 atom stereocenters. The van der Waals surface area contributed by atoms with Crippen molar-refractivity contribution in [3.63, 3.8) is 0 Å². The Morgan fingerprint density at radius 3 is 2.39 bits per heavy atom. The van der Waals surface area contributed by atoms with Gasteiger partial charge in [0.1, 0.15) is 5.75 Å². The number of carbonyl (C=O) groups excluding carboxylic acids is 2. The lowest BCUT2D eigenvalue weighted by Crippen LogP contribution is -2.40. The second-order valence-electron chi connectivity index (χ2n) is 5.83. The third kappa shape index (κ3) is 4.98. The Labute approximate surface area is 137 Å². The molecule has 1 saturated carbocycles. The summed E-state index contributed by atoms with van der Waals surface area (Å²) in [5.74, 6) is 0.0757. The summed E-state index contributed by atoms with van der Waals surface area (Å²) in [6.07, 6.45) is 5.64. The first-order valence-electron chi connectivity index (χ1n) is 8.27. The van der Waals surface area contributed by atoms with Crippen LogP contribution in [-0.2, 0) is 9.53 Å². The molecular formula is C18H25NO4. The maximum absolute atomic E-state index is 12.1. The molecule has 0 saturated heterocycles. The van der Waals surface area contributed by atoms with Crippen LogP contribution in [-0.4, -0.2) is 43.1 Å². The molecule has 0 aliphatic heterocycles. The van der Waals surface area contributed by atoms with Crippen molar-refractivity contribution in [2.45, 2.75) is 45.1 Å². The van der Waals surface area contributed by atoms with Gasteiger partial charge in [-0.2, -0.15) is 0 Å². The first kappa shape index (κ1) is 17.3. The summed E-state index contributed by atoms with van der Waals surface area (Å²) in [5, 5.41) is 0. The van der Waals surface area contributed by atoms with Crippen molar-refractivity contribution in [1.82, 2.24) is 4.90 Å². The summed E-state index contributed by atoms with van der Waals surface area (Å²) in [4.78, 5) is 25.9. The average Bonchev–Trinajstić information content (AvgIpc) is 2.60. The number of likely N-dealkylation sites (N-methyl/N-ethyl adjacent to an activating group) is 1. The topological polar surface area (TPSA) is 55.8 Å². The highest BCUT2D eigenvalue weighted by atomic mass is 16.5. The normalized spacial score (nSPS) is 15.0. The number of hydrogen-bond acceptors (Lipinski definition) is 4. The molecule has 0 bridgehead atoms. The van der Waals surface area contributed by atoms with Gasteiger partial charge in [0.25, 0.3) is 5.91 Å². The minimum Gasteiger partial charge on any atom is -0.494 e. The van der Waals surface area contributed by atoms with Gasteiger partial charge >= 0.3 is 5.97 Å². The molecule has 5 nitrogen and oxygen atoms in total. The third-order valence-corrected chi connectivity index (χ3v) is 4.24. The van der Waals surface area contributed by atoms with Crippen LogP contribution < -0.4 is 4.74 Å². The molecule has 23 heavy (non-hydrogen) atoms. The SMILES string of the molecule is CCOc1ccc(C(=O)OCC(=O)N(C)C2CCCCC2)cc1. The van der Waals surface area contributed by atoms with E-state index in [1.807, 2.05) is 6.92 Å². The minimum absolute atomic E-state index is 0.142. The van der Waals surface area contributed by atoms with Crippen LogP contribution in [0.3, 0.4) is 0 Å². The molecule has 0 radical (unpaired) electrons. The van der Waals surface area contributed by atoms with Gasteiger partial charge in [0.15, 0.2) is 6.61 Å².